The van der Waals surface area contributed by atoms with Crippen LogP contribution in [0.2, 0.25) is 0 Å². The second kappa shape index (κ2) is 6.09. The van der Waals surface area contributed by atoms with Crippen molar-refractivity contribution >= 4 is 27.5 Å². The molecule has 100 valence electrons. The lowest BCUT2D eigenvalue weighted by Gasteiger charge is -2.33. The van der Waals surface area contributed by atoms with Crippen LogP contribution in [0, 0.1) is 12.3 Å². The first-order valence-corrected chi connectivity index (χ1v) is 6.91. The van der Waals surface area contributed by atoms with Crippen molar-refractivity contribution in [3.05, 3.63) is 28.2 Å². The van der Waals surface area contributed by atoms with Crippen molar-refractivity contribution in [2.24, 2.45) is 0 Å². The number of carbonyl (C=O) groups is 1. The summed E-state index contributed by atoms with van der Waals surface area (Å²) in [4.78, 5) is 16.4. The lowest BCUT2D eigenvalue weighted by atomic mass is 10.1. The highest BCUT2D eigenvalue weighted by Gasteiger charge is 2.22. The molecule has 1 aromatic rings. The smallest absolute Gasteiger partial charge is 0.256 e. The molecule has 0 aliphatic carbocycles. The largest absolute Gasteiger partial charge is 0.398 e. The number of halogens is 1. The summed E-state index contributed by atoms with van der Waals surface area (Å²) in [5.41, 5.74) is 6.96. The average molecular weight is 322 g/mol. The fourth-order valence-corrected chi connectivity index (χ4v) is 2.52. The van der Waals surface area contributed by atoms with E-state index < -0.39 is 0 Å². The van der Waals surface area contributed by atoms with Crippen molar-refractivity contribution in [2.45, 2.75) is 0 Å². The van der Waals surface area contributed by atoms with E-state index in [4.69, 9.17) is 12.2 Å². The maximum Gasteiger partial charge on any atom is 0.256 e. The molecule has 5 heteroatoms. The van der Waals surface area contributed by atoms with Crippen molar-refractivity contribution in [3.63, 3.8) is 0 Å². The van der Waals surface area contributed by atoms with Crippen molar-refractivity contribution in [2.75, 3.05) is 38.5 Å². The number of nitrogen functional groups attached to an aromatic ring is 1. The van der Waals surface area contributed by atoms with Gasteiger partial charge < -0.3 is 10.6 Å². The number of piperazine rings is 1. The average Bonchev–Trinajstić information content (AvgIpc) is 2.39. The fraction of sp³-hybridized carbons (Fsp3) is 0.357. The van der Waals surface area contributed by atoms with Crippen LogP contribution < -0.4 is 5.73 Å². The number of hydrogen-bond donors (Lipinski definition) is 1. The predicted molar refractivity (Wildman–Crippen MR) is 79.7 cm³/mol. The first-order chi connectivity index (χ1) is 9.11. The van der Waals surface area contributed by atoms with E-state index in [2.05, 4.69) is 26.8 Å². The molecule has 0 atom stereocenters. The van der Waals surface area contributed by atoms with Gasteiger partial charge in [0, 0.05) is 36.3 Å². The second-order valence-corrected chi connectivity index (χ2v) is 5.42. The molecule has 2 N–H and O–H groups in total. The highest BCUT2D eigenvalue weighted by atomic mass is 79.9. The monoisotopic (exact) mass is 321 g/mol. The van der Waals surface area contributed by atoms with E-state index in [0.717, 1.165) is 17.6 Å². The summed E-state index contributed by atoms with van der Waals surface area (Å²) in [6.07, 6.45) is 5.29. The molecule has 0 radical (unpaired) electrons. The molecular weight excluding hydrogens is 306 g/mol. The Morgan fingerprint density at radius 3 is 2.63 bits per heavy atom. The van der Waals surface area contributed by atoms with Crippen LogP contribution in [0.1, 0.15) is 10.4 Å². The standard InChI is InChI=1S/C14H16BrN3O/c1-2-5-17-6-8-18(9-7-17)14(19)12-4-3-11(15)10-13(12)16/h1,3-4,10H,5-9,16H2. The van der Waals surface area contributed by atoms with Gasteiger partial charge in [-0.15, -0.1) is 6.42 Å². The van der Waals surface area contributed by atoms with E-state index in [0.29, 0.717) is 30.9 Å². The Hall–Kier alpha value is -1.51. The van der Waals surface area contributed by atoms with E-state index in [9.17, 15) is 4.79 Å². The molecule has 0 unspecified atom stereocenters. The number of benzene rings is 1. The molecule has 1 aromatic carbocycles. The molecule has 1 saturated heterocycles. The molecule has 19 heavy (non-hydrogen) atoms. The summed E-state index contributed by atoms with van der Waals surface area (Å²) in [7, 11) is 0. The molecule has 1 aliphatic heterocycles. The number of terminal acetylenes is 1. The van der Waals surface area contributed by atoms with E-state index in [1.807, 2.05) is 11.0 Å². The first kappa shape index (κ1) is 13.9. The van der Waals surface area contributed by atoms with Gasteiger partial charge in [0.05, 0.1) is 12.1 Å². The third kappa shape index (κ3) is 3.28. The highest BCUT2D eigenvalue weighted by Crippen LogP contribution is 2.20. The van der Waals surface area contributed by atoms with Gasteiger partial charge in [-0.25, -0.2) is 0 Å². The number of nitrogens with zero attached hydrogens (tertiary/aromatic N) is 2. The van der Waals surface area contributed by atoms with Crippen LogP contribution in [0.15, 0.2) is 22.7 Å². The number of carbonyl (C=O) groups excluding carboxylic acids is 1. The van der Waals surface area contributed by atoms with Crippen molar-refractivity contribution in [1.82, 2.24) is 9.80 Å². The van der Waals surface area contributed by atoms with E-state index in [1.165, 1.54) is 0 Å². The third-order valence-corrected chi connectivity index (χ3v) is 3.71. The first-order valence-electron chi connectivity index (χ1n) is 6.12. The number of nitrogens with two attached hydrogens (primary N) is 1. The summed E-state index contributed by atoms with van der Waals surface area (Å²) in [5, 5.41) is 0. The van der Waals surface area contributed by atoms with E-state index in [1.54, 1.807) is 12.1 Å². The van der Waals surface area contributed by atoms with Crippen LogP contribution in [-0.2, 0) is 0 Å². The Balaban J connectivity index is 2.03. The summed E-state index contributed by atoms with van der Waals surface area (Å²) in [6.45, 7) is 3.65. The predicted octanol–water partition coefficient (Wildman–Crippen LogP) is 1.42. The topological polar surface area (TPSA) is 49.6 Å². The van der Waals surface area contributed by atoms with Crippen LogP contribution in [0.5, 0.6) is 0 Å². The van der Waals surface area contributed by atoms with Crippen molar-refractivity contribution in [3.8, 4) is 12.3 Å². The Bertz CT molecular complexity index is 516. The third-order valence-electron chi connectivity index (χ3n) is 3.22. The molecule has 1 fully saturated rings. The Labute approximate surface area is 121 Å². The number of anilines is 1. The maximum absolute atomic E-state index is 12.4. The Morgan fingerprint density at radius 1 is 1.37 bits per heavy atom. The SMILES string of the molecule is C#CCN1CCN(C(=O)c2ccc(Br)cc2N)CC1. The van der Waals surface area contributed by atoms with Crippen LogP contribution in [-0.4, -0.2) is 48.4 Å². The number of amides is 1. The maximum atomic E-state index is 12.4. The van der Waals surface area contributed by atoms with Gasteiger partial charge in [-0.3, -0.25) is 9.69 Å². The van der Waals surface area contributed by atoms with E-state index >= 15 is 0 Å². The quantitative estimate of drug-likeness (QED) is 0.662. The normalized spacial score (nSPS) is 16.1. The van der Waals surface area contributed by atoms with Crippen LogP contribution in [0.3, 0.4) is 0 Å². The minimum Gasteiger partial charge on any atom is -0.398 e. The van der Waals surface area contributed by atoms with Crippen molar-refractivity contribution in [1.29, 1.82) is 0 Å². The molecule has 0 spiro atoms. The summed E-state index contributed by atoms with van der Waals surface area (Å²) in [6, 6.07) is 5.34. The molecule has 1 aliphatic rings. The molecule has 0 bridgehead atoms. The summed E-state index contributed by atoms with van der Waals surface area (Å²) in [5.74, 6) is 2.62. The minimum absolute atomic E-state index is 0.00893. The lowest BCUT2D eigenvalue weighted by molar-refractivity contribution is 0.0653. The Morgan fingerprint density at radius 2 is 2.05 bits per heavy atom. The van der Waals surface area contributed by atoms with Gasteiger partial charge in [-0.2, -0.15) is 0 Å². The van der Waals surface area contributed by atoms with Gasteiger partial charge in [-0.1, -0.05) is 21.9 Å². The molecular formula is C14H16BrN3O. The zero-order valence-electron chi connectivity index (χ0n) is 10.6. The molecule has 0 saturated carbocycles. The molecule has 1 heterocycles. The van der Waals surface area contributed by atoms with Gasteiger partial charge in [0.15, 0.2) is 0 Å². The Kier molecular flexibility index (Phi) is 4.46. The summed E-state index contributed by atoms with van der Waals surface area (Å²) >= 11 is 3.34. The zero-order chi connectivity index (χ0) is 13.8. The van der Waals surface area contributed by atoms with Gasteiger partial charge in [0.1, 0.15) is 0 Å². The molecule has 2 rings (SSSR count). The van der Waals surface area contributed by atoms with Gasteiger partial charge in [0.2, 0.25) is 0 Å². The molecule has 1 amide bonds. The van der Waals surface area contributed by atoms with Gasteiger partial charge in [0.25, 0.3) is 5.91 Å². The van der Waals surface area contributed by atoms with Gasteiger partial charge in [-0.05, 0) is 18.2 Å². The molecule has 4 nitrogen and oxygen atoms in total. The van der Waals surface area contributed by atoms with Crippen LogP contribution in [0.4, 0.5) is 5.69 Å². The zero-order valence-corrected chi connectivity index (χ0v) is 12.2. The van der Waals surface area contributed by atoms with Gasteiger partial charge >= 0.3 is 0 Å². The highest BCUT2D eigenvalue weighted by molar-refractivity contribution is 9.10. The van der Waals surface area contributed by atoms with Crippen LogP contribution >= 0.6 is 15.9 Å². The number of hydrogen-bond acceptors (Lipinski definition) is 3. The fourth-order valence-electron chi connectivity index (χ4n) is 2.14. The van der Waals surface area contributed by atoms with Crippen LogP contribution in [0.25, 0.3) is 0 Å². The minimum atomic E-state index is -0.00893. The number of rotatable bonds is 2. The summed E-state index contributed by atoms with van der Waals surface area (Å²) < 4.78 is 0.875. The van der Waals surface area contributed by atoms with Crippen molar-refractivity contribution < 1.29 is 4.79 Å². The van der Waals surface area contributed by atoms with E-state index in [-0.39, 0.29) is 5.91 Å². The second-order valence-electron chi connectivity index (χ2n) is 4.50. The molecule has 0 aromatic heterocycles. The lowest BCUT2D eigenvalue weighted by Crippen LogP contribution is -2.48.